The second-order valence-electron chi connectivity index (χ2n) is 7.35. The van der Waals surface area contributed by atoms with Gasteiger partial charge in [0.2, 0.25) is 0 Å². The van der Waals surface area contributed by atoms with Gasteiger partial charge in [0.05, 0.1) is 21.3 Å². The van der Waals surface area contributed by atoms with Crippen LogP contribution in [0, 0.1) is 13.8 Å². The van der Waals surface area contributed by atoms with Crippen LogP contribution in [-0.2, 0) is 0 Å². The highest BCUT2D eigenvalue weighted by atomic mass is 32.1. The molecule has 31 heavy (non-hydrogen) atoms. The molecule has 0 aliphatic rings. The van der Waals surface area contributed by atoms with E-state index < -0.39 is 5.91 Å². The molecule has 2 aromatic heterocycles. The lowest BCUT2D eigenvalue weighted by molar-refractivity contribution is 0.102. The summed E-state index contributed by atoms with van der Waals surface area (Å²) >= 11 is 1.42. The summed E-state index contributed by atoms with van der Waals surface area (Å²) in [5.74, 6) is -0.408. The SMILES string of the molecule is Cc1cc(C)c2nc(NC(=O)c3nn(-c4ccccc4)c(=O)c4ccccc34)sc2c1. The number of hydrogen-bond acceptors (Lipinski definition) is 5. The number of anilines is 1. The molecule has 2 heterocycles. The number of rotatable bonds is 3. The summed E-state index contributed by atoms with van der Waals surface area (Å²) < 4.78 is 2.28. The van der Waals surface area contributed by atoms with Crippen molar-refractivity contribution in [3.63, 3.8) is 0 Å². The van der Waals surface area contributed by atoms with Crippen LogP contribution < -0.4 is 10.9 Å². The van der Waals surface area contributed by atoms with Crippen LogP contribution in [0.25, 0.3) is 26.7 Å². The molecule has 6 nitrogen and oxygen atoms in total. The van der Waals surface area contributed by atoms with Gasteiger partial charge in [-0.1, -0.05) is 53.8 Å². The Labute approximate surface area is 181 Å². The number of amides is 1. The highest BCUT2D eigenvalue weighted by molar-refractivity contribution is 7.22. The minimum atomic E-state index is -0.408. The van der Waals surface area contributed by atoms with Crippen molar-refractivity contribution in [1.82, 2.24) is 14.8 Å². The highest BCUT2D eigenvalue weighted by Gasteiger charge is 2.19. The molecular weight excluding hydrogens is 408 g/mol. The Kier molecular flexibility index (Phi) is 4.60. The lowest BCUT2D eigenvalue weighted by Gasteiger charge is -2.10. The zero-order chi connectivity index (χ0) is 21.5. The molecule has 1 N–H and O–H groups in total. The van der Waals surface area contributed by atoms with E-state index in [-0.39, 0.29) is 11.3 Å². The Bertz CT molecular complexity index is 1520. The third-order valence-corrected chi connectivity index (χ3v) is 5.99. The Balaban J connectivity index is 1.63. The molecule has 0 aliphatic heterocycles. The quantitative estimate of drug-likeness (QED) is 0.447. The molecule has 0 saturated heterocycles. The number of aromatic nitrogens is 3. The number of fused-ring (bicyclic) bond motifs is 2. The maximum atomic E-state index is 13.2. The maximum Gasteiger partial charge on any atom is 0.279 e. The molecule has 0 fully saturated rings. The van der Waals surface area contributed by atoms with E-state index in [1.807, 2.05) is 32.0 Å². The first-order valence-corrected chi connectivity index (χ1v) is 10.6. The number of nitrogens with zero attached hydrogens (tertiary/aromatic N) is 3. The number of nitrogens with one attached hydrogen (secondary N) is 1. The molecule has 5 rings (SSSR count). The van der Waals surface area contributed by atoms with Crippen LogP contribution >= 0.6 is 11.3 Å². The van der Waals surface area contributed by atoms with Crippen molar-refractivity contribution >= 4 is 43.4 Å². The molecular formula is C24H18N4O2S. The van der Waals surface area contributed by atoms with Gasteiger partial charge < -0.3 is 0 Å². The van der Waals surface area contributed by atoms with E-state index in [0.717, 1.165) is 21.3 Å². The molecule has 0 spiro atoms. The highest BCUT2D eigenvalue weighted by Crippen LogP contribution is 2.29. The Hall–Kier alpha value is -3.84. The smallest absolute Gasteiger partial charge is 0.279 e. The molecule has 7 heteroatoms. The molecule has 1 amide bonds. The number of carbonyl (C=O) groups is 1. The predicted molar refractivity (Wildman–Crippen MR) is 124 cm³/mol. The standard InChI is InChI=1S/C24H18N4O2S/c1-14-12-15(2)20-19(13-14)31-24(25-20)26-22(29)21-17-10-6-7-11-18(17)23(30)28(27-21)16-8-4-3-5-9-16/h3-13H,1-2H3,(H,25,26,29). The van der Waals surface area contributed by atoms with E-state index >= 15 is 0 Å². The fourth-order valence-electron chi connectivity index (χ4n) is 3.68. The third-order valence-electron chi connectivity index (χ3n) is 5.07. The topological polar surface area (TPSA) is 76.9 Å². The van der Waals surface area contributed by atoms with Crippen molar-refractivity contribution < 1.29 is 4.79 Å². The van der Waals surface area contributed by atoms with E-state index in [4.69, 9.17) is 0 Å². The second-order valence-corrected chi connectivity index (χ2v) is 8.38. The lowest BCUT2D eigenvalue weighted by atomic mass is 10.1. The fourth-order valence-corrected chi connectivity index (χ4v) is 4.72. The van der Waals surface area contributed by atoms with E-state index in [0.29, 0.717) is 21.6 Å². The van der Waals surface area contributed by atoms with Gasteiger partial charge in [0.25, 0.3) is 11.5 Å². The van der Waals surface area contributed by atoms with Crippen LogP contribution in [0.4, 0.5) is 5.13 Å². The Morgan fingerprint density at radius 2 is 1.68 bits per heavy atom. The number of thiazole rings is 1. The first kappa shape index (κ1) is 19.1. The van der Waals surface area contributed by atoms with Crippen molar-refractivity contribution in [2.75, 3.05) is 5.32 Å². The van der Waals surface area contributed by atoms with Crippen LogP contribution in [0.1, 0.15) is 21.6 Å². The lowest BCUT2D eigenvalue weighted by Crippen LogP contribution is -2.26. The van der Waals surface area contributed by atoms with Gasteiger partial charge in [-0.3, -0.25) is 14.9 Å². The summed E-state index contributed by atoms with van der Waals surface area (Å²) in [6, 6.07) is 20.2. The molecule has 152 valence electrons. The molecule has 0 saturated carbocycles. The first-order chi connectivity index (χ1) is 15.0. The molecule has 0 bridgehead atoms. The minimum Gasteiger partial charge on any atom is -0.296 e. The number of para-hydroxylation sites is 1. The first-order valence-electron chi connectivity index (χ1n) is 9.78. The van der Waals surface area contributed by atoms with Gasteiger partial charge in [0.1, 0.15) is 0 Å². The number of aryl methyl sites for hydroxylation is 2. The van der Waals surface area contributed by atoms with Crippen LogP contribution in [0.15, 0.2) is 71.5 Å². The van der Waals surface area contributed by atoms with Gasteiger partial charge in [-0.15, -0.1) is 0 Å². The van der Waals surface area contributed by atoms with E-state index in [9.17, 15) is 9.59 Å². The third kappa shape index (κ3) is 3.39. The van der Waals surface area contributed by atoms with Crippen molar-refractivity contribution in [2.24, 2.45) is 0 Å². The summed E-state index contributed by atoms with van der Waals surface area (Å²) in [6.07, 6.45) is 0. The molecule has 3 aromatic carbocycles. The zero-order valence-corrected chi connectivity index (χ0v) is 17.7. The van der Waals surface area contributed by atoms with Crippen molar-refractivity contribution in [3.8, 4) is 5.69 Å². The molecule has 0 radical (unpaired) electrons. The van der Waals surface area contributed by atoms with Gasteiger partial charge in [-0.25, -0.2) is 4.98 Å². The number of carbonyl (C=O) groups excluding carboxylic acids is 1. The number of benzene rings is 3. The molecule has 5 aromatic rings. The van der Waals surface area contributed by atoms with Crippen LogP contribution in [0.5, 0.6) is 0 Å². The van der Waals surface area contributed by atoms with E-state index in [1.165, 1.54) is 16.0 Å². The summed E-state index contributed by atoms with van der Waals surface area (Å²) in [7, 11) is 0. The Morgan fingerprint density at radius 3 is 2.45 bits per heavy atom. The van der Waals surface area contributed by atoms with Crippen molar-refractivity contribution in [3.05, 3.63) is 93.9 Å². The maximum absolute atomic E-state index is 13.2. The van der Waals surface area contributed by atoms with Crippen molar-refractivity contribution in [1.29, 1.82) is 0 Å². The number of hydrogen-bond donors (Lipinski definition) is 1. The Morgan fingerprint density at radius 1 is 0.968 bits per heavy atom. The van der Waals surface area contributed by atoms with Gasteiger partial charge in [0.15, 0.2) is 10.8 Å². The summed E-state index contributed by atoms with van der Waals surface area (Å²) in [6.45, 7) is 4.04. The van der Waals surface area contributed by atoms with Crippen LogP contribution in [0.2, 0.25) is 0 Å². The van der Waals surface area contributed by atoms with Gasteiger partial charge in [0, 0.05) is 5.39 Å². The molecule has 0 unspecified atom stereocenters. The zero-order valence-electron chi connectivity index (χ0n) is 16.9. The van der Waals surface area contributed by atoms with E-state index in [2.05, 4.69) is 27.5 Å². The normalized spacial score (nSPS) is 11.2. The summed E-state index contributed by atoms with van der Waals surface area (Å²) in [5.41, 5.74) is 3.58. The van der Waals surface area contributed by atoms with Crippen LogP contribution in [-0.4, -0.2) is 20.7 Å². The molecule has 0 atom stereocenters. The van der Waals surface area contributed by atoms with Crippen molar-refractivity contribution in [2.45, 2.75) is 13.8 Å². The summed E-state index contributed by atoms with van der Waals surface area (Å²) in [5, 5.41) is 8.73. The largest absolute Gasteiger partial charge is 0.296 e. The van der Waals surface area contributed by atoms with Gasteiger partial charge in [-0.05, 0) is 49.2 Å². The van der Waals surface area contributed by atoms with Crippen LogP contribution in [0.3, 0.4) is 0 Å². The second kappa shape index (κ2) is 7.45. The summed E-state index contributed by atoms with van der Waals surface area (Å²) in [4.78, 5) is 30.8. The van der Waals surface area contributed by atoms with Gasteiger partial charge in [-0.2, -0.15) is 9.78 Å². The monoisotopic (exact) mass is 426 g/mol. The fraction of sp³-hybridized carbons (Fsp3) is 0.0833. The van der Waals surface area contributed by atoms with E-state index in [1.54, 1.807) is 36.4 Å². The average Bonchev–Trinajstić information content (AvgIpc) is 3.17. The molecule has 0 aliphatic carbocycles. The minimum absolute atomic E-state index is 0.172. The van der Waals surface area contributed by atoms with Gasteiger partial charge >= 0.3 is 0 Å². The predicted octanol–water partition coefficient (Wildman–Crippen LogP) is 4.86. The average molecular weight is 427 g/mol.